The van der Waals surface area contributed by atoms with Crippen molar-refractivity contribution in [1.29, 1.82) is 0 Å². The summed E-state index contributed by atoms with van der Waals surface area (Å²) in [5, 5.41) is 39.4. The first-order chi connectivity index (χ1) is 11.8. The molecule has 0 aromatic heterocycles. The van der Waals surface area contributed by atoms with E-state index < -0.39 is 24.1 Å². The molecule has 0 aliphatic carbocycles. The fourth-order valence-electron chi connectivity index (χ4n) is 0.700. The standard InChI is InChI=1S/2C6H10O3.2C3H7O.Ti/c2*1-3-9-6(8)4-5(2)7;2*1-3(2)4;/h2*4,7H,3H2,1-2H3;2*3H,1-2H3;/q;;2*-1;+4/p-2. The third-order valence-electron chi connectivity index (χ3n) is 1.22. The number of ether oxygens (including phenoxy) is 2. The normalized spacial score (nSPS) is 10.1. The molecule has 0 heterocycles. The zero-order valence-electron chi connectivity index (χ0n) is 17.5. The summed E-state index contributed by atoms with van der Waals surface area (Å²) in [5.74, 6) is -1.70. The van der Waals surface area contributed by atoms with Gasteiger partial charge in [-0.1, -0.05) is 41.5 Å². The molecule has 9 heteroatoms. The summed E-state index contributed by atoms with van der Waals surface area (Å²) in [7, 11) is 0. The van der Waals surface area contributed by atoms with Crippen LogP contribution < -0.4 is 20.4 Å². The molecule has 27 heavy (non-hydrogen) atoms. The molecule has 0 unspecified atom stereocenters. The molecule has 0 aromatic carbocycles. The molecule has 0 aliphatic heterocycles. The second kappa shape index (κ2) is 26.9. The van der Waals surface area contributed by atoms with E-state index in [0.717, 1.165) is 12.2 Å². The molecule has 0 aromatic rings. The summed E-state index contributed by atoms with van der Waals surface area (Å²) in [5.41, 5.74) is 0. The van der Waals surface area contributed by atoms with Crippen molar-refractivity contribution in [2.45, 2.75) is 67.6 Å². The van der Waals surface area contributed by atoms with Crippen LogP contribution in [0.15, 0.2) is 23.7 Å². The van der Waals surface area contributed by atoms with E-state index in [1.54, 1.807) is 41.5 Å². The van der Waals surface area contributed by atoms with Crippen molar-refractivity contribution in [1.82, 2.24) is 0 Å². The van der Waals surface area contributed by atoms with Crippen LogP contribution in [-0.2, 0) is 40.8 Å². The van der Waals surface area contributed by atoms with E-state index in [-0.39, 0.29) is 33.2 Å². The Morgan fingerprint density at radius 1 is 0.778 bits per heavy atom. The van der Waals surface area contributed by atoms with Gasteiger partial charge in [-0.3, -0.25) is 0 Å². The van der Waals surface area contributed by atoms with E-state index >= 15 is 0 Å². The fraction of sp³-hybridized carbons (Fsp3) is 0.667. The maximum atomic E-state index is 10.4. The predicted molar refractivity (Wildman–Crippen MR) is 91.1 cm³/mol. The van der Waals surface area contributed by atoms with E-state index in [4.69, 9.17) is 0 Å². The maximum absolute atomic E-state index is 10.4. The molecule has 0 N–H and O–H groups in total. The molecule has 8 nitrogen and oxygen atoms in total. The average Bonchev–Trinajstić information content (AvgIpc) is 2.36. The molecule has 0 spiro atoms. The zero-order chi connectivity index (χ0) is 21.7. The molecule has 0 fully saturated rings. The van der Waals surface area contributed by atoms with Crippen LogP contribution in [0.1, 0.15) is 55.4 Å². The van der Waals surface area contributed by atoms with Crippen LogP contribution in [-0.4, -0.2) is 37.4 Å². The van der Waals surface area contributed by atoms with Crippen molar-refractivity contribution in [2.75, 3.05) is 13.2 Å². The van der Waals surface area contributed by atoms with E-state index in [9.17, 15) is 30.0 Å². The van der Waals surface area contributed by atoms with E-state index in [2.05, 4.69) is 9.47 Å². The fourth-order valence-corrected chi connectivity index (χ4v) is 0.700. The Labute approximate surface area is 177 Å². The molecule has 0 bridgehead atoms. The summed E-state index contributed by atoms with van der Waals surface area (Å²) in [4.78, 5) is 20.7. The van der Waals surface area contributed by atoms with Crippen LogP contribution >= 0.6 is 0 Å². The second-order valence-electron chi connectivity index (χ2n) is 5.11. The predicted octanol–water partition coefficient (Wildman–Crippen LogP) is -0.865. The molecule has 0 saturated heterocycles. The number of hydrogen-bond acceptors (Lipinski definition) is 8. The van der Waals surface area contributed by atoms with Crippen LogP contribution in [0, 0.1) is 0 Å². The topological polar surface area (TPSA) is 145 Å². The largest absolute Gasteiger partial charge is 4.00 e. The van der Waals surface area contributed by atoms with Crippen LogP contribution in [0.5, 0.6) is 0 Å². The molecular weight excluding hydrogens is 392 g/mol. The number of esters is 2. The van der Waals surface area contributed by atoms with Crippen molar-refractivity contribution in [3.05, 3.63) is 23.7 Å². The van der Waals surface area contributed by atoms with Gasteiger partial charge >= 0.3 is 33.7 Å². The van der Waals surface area contributed by atoms with Crippen LogP contribution in [0.2, 0.25) is 0 Å². The number of rotatable bonds is 4. The minimum absolute atomic E-state index is 0. The first-order valence-corrected chi connectivity index (χ1v) is 8.15. The molecule has 0 radical (unpaired) electrons. The molecular formula is C18H32O8Ti. The third kappa shape index (κ3) is 79.0. The van der Waals surface area contributed by atoms with Crippen molar-refractivity contribution >= 4 is 11.9 Å². The van der Waals surface area contributed by atoms with Crippen LogP contribution in [0.3, 0.4) is 0 Å². The van der Waals surface area contributed by atoms with Crippen molar-refractivity contribution < 1.29 is 61.2 Å². The quantitative estimate of drug-likeness (QED) is 0.245. The number of carbonyl (C=O) groups excluding carboxylic acids is 2. The summed E-state index contributed by atoms with van der Waals surface area (Å²) < 4.78 is 8.87. The molecule has 0 atom stereocenters. The van der Waals surface area contributed by atoms with Gasteiger partial charge in [0.2, 0.25) is 0 Å². The van der Waals surface area contributed by atoms with Crippen LogP contribution in [0.25, 0.3) is 0 Å². The number of allylic oxidation sites excluding steroid dienone is 2. The van der Waals surface area contributed by atoms with Gasteiger partial charge in [0.25, 0.3) is 0 Å². The van der Waals surface area contributed by atoms with Gasteiger partial charge < -0.3 is 29.9 Å². The van der Waals surface area contributed by atoms with Gasteiger partial charge in [-0.05, 0) is 13.8 Å². The average molecular weight is 424 g/mol. The smallest absolute Gasteiger partial charge is 0.875 e. The Hall–Kier alpha value is -1.35. The number of carbonyl (C=O) groups is 2. The van der Waals surface area contributed by atoms with Crippen molar-refractivity contribution in [2.24, 2.45) is 0 Å². The summed E-state index contributed by atoms with van der Waals surface area (Å²) in [6.07, 6.45) is 1.01. The van der Waals surface area contributed by atoms with E-state index in [0.29, 0.717) is 13.2 Å². The van der Waals surface area contributed by atoms with Gasteiger partial charge in [-0.2, -0.15) is 0 Å². The summed E-state index contributed by atoms with van der Waals surface area (Å²) in [6.45, 7) is 13.0. The molecule has 0 aliphatic rings. The molecule has 156 valence electrons. The van der Waals surface area contributed by atoms with Crippen molar-refractivity contribution in [3.8, 4) is 0 Å². The van der Waals surface area contributed by atoms with E-state index in [1.165, 1.54) is 13.8 Å². The second-order valence-corrected chi connectivity index (χ2v) is 5.11. The van der Waals surface area contributed by atoms with Crippen LogP contribution in [0.4, 0.5) is 0 Å². The molecule has 0 rings (SSSR count). The van der Waals surface area contributed by atoms with E-state index in [1.807, 2.05) is 0 Å². The minimum atomic E-state index is -0.565. The van der Waals surface area contributed by atoms with Gasteiger partial charge in [-0.15, -0.1) is 23.7 Å². The zero-order valence-corrected chi connectivity index (χ0v) is 19.1. The molecule has 0 saturated carbocycles. The van der Waals surface area contributed by atoms with Crippen molar-refractivity contribution in [3.63, 3.8) is 0 Å². The van der Waals surface area contributed by atoms with Gasteiger partial charge in [-0.25, -0.2) is 9.59 Å². The van der Waals surface area contributed by atoms with Gasteiger partial charge in [0.05, 0.1) is 13.2 Å². The maximum Gasteiger partial charge on any atom is 4.00 e. The first-order valence-electron chi connectivity index (χ1n) is 8.15. The summed E-state index contributed by atoms with van der Waals surface area (Å²) in [6, 6.07) is 0. The SMILES string of the molecule is CC(C)[O-].CC(C)[O-].CCOC(=O)C=C(C)[O-].CCOC(=O)C=C(C)[O-].[Ti+4]. The van der Waals surface area contributed by atoms with Gasteiger partial charge in [0, 0.05) is 12.2 Å². The first kappa shape index (κ1) is 36.6. The Morgan fingerprint density at radius 2 is 0.963 bits per heavy atom. The summed E-state index contributed by atoms with van der Waals surface area (Å²) >= 11 is 0. The Morgan fingerprint density at radius 3 is 1.07 bits per heavy atom. The Balaban J connectivity index is -0.0000000843. The Bertz CT molecular complexity index is 353. The van der Waals surface area contributed by atoms with Gasteiger partial charge in [0.1, 0.15) is 0 Å². The van der Waals surface area contributed by atoms with Gasteiger partial charge in [0.15, 0.2) is 0 Å². The third-order valence-corrected chi connectivity index (χ3v) is 1.22. The monoisotopic (exact) mass is 424 g/mol. The Kier molecular flexibility index (Phi) is 36.4. The molecule has 0 amide bonds. The minimum Gasteiger partial charge on any atom is -0.875 e. The number of hydrogen-bond donors (Lipinski definition) is 0.